The monoisotopic (exact) mass is 382 g/mol. The fourth-order valence-electron chi connectivity index (χ4n) is 3.84. The number of halogens is 1. The predicted molar refractivity (Wildman–Crippen MR) is 103 cm³/mol. The van der Waals surface area contributed by atoms with Gasteiger partial charge in [-0.3, -0.25) is 14.6 Å². The summed E-state index contributed by atoms with van der Waals surface area (Å²) in [5, 5.41) is 10.3. The van der Waals surface area contributed by atoms with Crippen molar-refractivity contribution in [3.8, 4) is 0 Å². The highest BCUT2D eigenvalue weighted by Crippen LogP contribution is 2.34. The molecule has 2 aliphatic rings. The van der Waals surface area contributed by atoms with Crippen molar-refractivity contribution in [2.24, 2.45) is 10.3 Å². The van der Waals surface area contributed by atoms with Gasteiger partial charge in [-0.2, -0.15) is 5.11 Å². The molecule has 27 heavy (non-hydrogen) atoms. The van der Waals surface area contributed by atoms with E-state index in [0.29, 0.717) is 17.3 Å². The van der Waals surface area contributed by atoms with Crippen LogP contribution < -0.4 is 4.90 Å². The first kappa shape index (κ1) is 17.7. The lowest BCUT2D eigenvalue weighted by Crippen LogP contribution is -2.39. The van der Waals surface area contributed by atoms with Gasteiger partial charge in [-0.1, -0.05) is 40.6 Å². The molecule has 0 aromatic heterocycles. The SMILES string of the molecule is Cc1cc(C)c(CN2N=N[C@@H]3C(=O)N(c4cccc(Cl)c4)C(=O)[C@H]32)c(C)c1. The number of benzene rings is 2. The molecule has 0 radical (unpaired) electrons. The molecule has 0 unspecified atom stereocenters. The number of aryl methyl sites for hydroxylation is 3. The van der Waals surface area contributed by atoms with E-state index >= 15 is 0 Å². The molecule has 6 nitrogen and oxygen atoms in total. The Morgan fingerprint density at radius 2 is 1.74 bits per heavy atom. The first-order valence-electron chi connectivity index (χ1n) is 8.74. The summed E-state index contributed by atoms with van der Waals surface area (Å²) in [5.74, 6) is -0.685. The van der Waals surface area contributed by atoms with Crippen LogP contribution in [0.2, 0.25) is 5.02 Å². The number of carbonyl (C=O) groups is 2. The van der Waals surface area contributed by atoms with E-state index in [4.69, 9.17) is 11.6 Å². The van der Waals surface area contributed by atoms with Crippen LogP contribution in [0.25, 0.3) is 0 Å². The summed E-state index contributed by atoms with van der Waals surface area (Å²) in [6.45, 7) is 6.57. The van der Waals surface area contributed by atoms with Crippen molar-refractivity contribution in [3.63, 3.8) is 0 Å². The van der Waals surface area contributed by atoms with Gasteiger partial charge in [0.25, 0.3) is 11.8 Å². The van der Waals surface area contributed by atoms with Crippen molar-refractivity contribution in [1.82, 2.24) is 5.01 Å². The second-order valence-corrected chi connectivity index (χ2v) is 7.50. The number of carbonyl (C=O) groups excluding carboxylic acids is 2. The maximum absolute atomic E-state index is 13.0. The van der Waals surface area contributed by atoms with Crippen molar-refractivity contribution in [3.05, 3.63) is 63.7 Å². The molecule has 0 bridgehead atoms. The van der Waals surface area contributed by atoms with Crippen molar-refractivity contribution in [1.29, 1.82) is 0 Å². The van der Waals surface area contributed by atoms with E-state index in [0.717, 1.165) is 16.7 Å². The predicted octanol–water partition coefficient (Wildman–Crippen LogP) is 3.76. The molecule has 138 valence electrons. The minimum absolute atomic E-state index is 0.320. The van der Waals surface area contributed by atoms with E-state index in [1.165, 1.54) is 10.5 Å². The molecule has 0 saturated carbocycles. The Kier molecular flexibility index (Phi) is 4.23. The number of hydrogen-bond acceptors (Lipinski definition) is 5. The summed E-state index contributed by atoms with van der Waals surface area (Å²) >= 11 is 6.02. The average Bonchev–Trinajstić information content (AvgIpc) is 3.11. The third-order valence-corrected chi connectivity index (χ3v) is 5.32. The summed E-state index contributed by atoms with van der Waals surface area (Å²) in [4.78, 5) is 27.0. The lowest BCUT2D eigenvalue weighted by atomic mass is 9.99. The Morgan fingerprint density at radius 1 is 1.04 bits per heavy atom. The Balaban J connectivity index is 1.64. The Bertz CT molecular complexity index is 965. The topological polar surface area (TPSA) is 65.3 Å². The summed E-state index contributed by atoms with van der Waals surface area (Å²) in [5.41, 5.74) is 5.02. The minimum atomic E-state index is -0.803. The number of rotatable bonds is 3. The minimum Gasteiger partial charge on any atom is -0.271 e. The molecule has 1 fully saturated rings. The highest BCUT2D eigenvalue weighted by atomic mass is 35.5. The molecule has 2 heterocycles. The lowest BCUT2D eigenvalue weighted by Gasteiger charge is -2.22. The highest BCUT2D eigenvalue weighted by molar-refractivity contribution is 6.31. The summed E-state index contributed by atoms with van der Waals surface area (Å²) in [6.07, 6.45) is 0. The van der Waals surface area contributed by atoms with Gasteiger partial charge >= 0.3 is 0 Å². The Hall–Kier alpha value is -2.73. The fourth-order valence-corrected chi connectivity index (χ4v) is 4.03. The van der Waals surface area contributed by atoms with Crippen molar-refractivity contribution >= 4 is 29.1 Å². The van der Waals surface area contributed by atoms with E-state index < -0.39 is 12.1 Å². The third-order valence-electron chi connectivity index (χ3n) is 5.08. The van der Waals surface area contributed by atoms with Gasteiger partial charge in [0.15, 0.2) is 12.1 Å². The van der Waals surface area contributed by atoms with E-state index in [9.17, 15) is 9.59 Å². The van der Waals surface area contributed by atoms with Crippen LogP contribution in [0.1, 0.15) is 22.3 Å². The molecule has 7 heteroatoms. The molecule has 4 rings (SSSR count). The molecular weight excluding hydrogens is 364 g/mol. The number of anilines is 1. The zero-order valence-corrected chi connectivity index (χ0v) is 16.1. The van der Waals surface area contributed by atoms with E-state index in [1.54, 1.807) is 29.3 Å². The van der Waals surface area contributed by atoms with Gasteiger partial charge < -0.3 is 0 Å². The fraction of sp³-hybridized carbons (Fsp3) is 0.300. The Morgan fingerprint density at radius 3 is 2.41 bits per heavy atom. The molecule has 1 saturated heterocycles. The zero-order chi connectivity index (χ0) is 19.3. The second kappa shape index (κ2) is 6.46. The molecule has 2 aromatic rings. The molecule has 0 N–H and O–H groups in total. The molecule has 2 atom stereocenters. The number of hydrogen-bond donors (Lipinski definition) is 0. The number of nitrogens with zero attached hydrogens (tertiary/aromatic N) is 4. The zero-order valence-electron chi connectivity index (χ0n) is 15.3. The van der Waals surface area contributed by atoms with Gasteiger partial charge in [-0.25, -0.2) is 4.90 Å². The van der Waals surface area contributed by atoms with E-state index in [2.05, 4.69) is 29.4 Å². The number of imide groups is 1. The van der Waals surface area contributed by atoms with Crippen molar-refractivity contribution < 1.29 is 9.59 Å². The third kappa shape index (κ3) is 2.90. The first-order valence-corrected chi connectivity index (χ1v) is 9.12. The van der Waals surface area contributed by atoms with Crippen LogP contribution in [-0.2, 0) is 16.1 Å². The van der Waals surface area contributed by atoms with Crippen LogP contribution in [0.3, 0.4) is 0 Å². The standard InChI is InChI=1S/C20H19ClN4O2/c1-11-7-12(2)16(13(3)8-11)10-24-18-17(22-23-24)19(26)25(20(18)27)15-6-4-5-14(21)9-15/h4-9,17-18H,10H2,1-3H3/t17-,18-/m0/s1. The molecular formula is C20H19ClN4O2. The van der Waals surface area contributed by atoms with Crippen LogP contribution in [0.15, 0.2) is 46.7 Å². The largest absolute Gasteiger partial charge is 0.271 e. The van der Waals surface area contributed by atoms with Crippen molar-refractivity contribution in [2.45, 2.75) is 39.4 Å². The van der Waals surface area contributed by atoms with Gasteiger partial charge in [-0.15, -0.1) is 0 Å². The van der Waals surface area contributed by atoms with Gasteiger partial charge in [-0.05, 0) is 55.7 Å². The maximum Gasteiger partial charge on any atom is 0.263 e. The van der Waals surface area contributed by atoms with Gasteiger partial charge in [0.2, 0.25) is 0 Å². The van der Waals surface area contributed by atoms with Crippen molar-refractivity contribution in [2.75, 3.05) is 4.90 Å². The molecule has 0 spiro atoms. The quantitative estimate of drug-likeness (QED) is 0.759. The second-order valence-electron chi connectivity index (χ2n) is 7.06. The summed E-state index contributed by atoms with van der Waals surface area (Å²) in [6, 6.07) is 9.40. The molecule has 2 aromatic carbocycles. The van der Waals surface area contributed by atoms with Gasteiger partial charge in [0.1, 0.15) is 0 Å². The van der Waals surface area contributed by atoms with Crippen LogP contribution >= 0.6 is 11.6 Å². The average molecular weight is 383 g/mol. The van der Waals surface area contributed by atoms with Crippen LogP contribution in [0, 0.1) is 20.8 Å². The van der Waals surface area contributed by atoms with Gasteiger partial charge in [0.05, 0.1) is 12.2 Å². The van der Waals surface area contributed by atoms with Gasteiger partial charge in [0, 0.05) is 5.02 Å². The maximum atomic E-state index is 13.0. The normalized spacial score (nSPS) is 21.3. The van der Waals surface area contributed by atoms with Crippen LogP contribution in [0.5, 0.6) is 0 Å². The molecule has 0 aliphatic carbocycles. The smallest absolute Gasteiger partial charge is 0.263 e. The summed E-state index contributed by atoms with van der Waals surface area (Å²) in [7, 11) is 0. The summed E-state index contributed by atoms with van der Waals surface area (Å²) < 4.78 is 0. The number of fused-ring (bicyclic) bond motifs is 1. The lowest BCUT2D eigenvalue weighted by molar-refractivity contribution is -0.123. The van der Waals surface area contributed by atoms with Crippen LogP contribution in [0.4, 0.5) is 5.69 Å². The first-order chi connectivity index (χ1) is 12.9. The highest BCUT2D eigenvalue weighted by Gasteiger charge is 2.54. The van der Waals surface area contributed by atoms with Crippen LogP contribution in [-0.4, -0.2) is 28.9 Å². The number of amides is 2. The Labute approximate surface area is 162 Å². The molecule has 2 aliphatic heterocycles. The van der Waals surface area contributed by atoms with E-state index in [-0.39, 0.29) is 11.8 Å². The van der Waals surface area contributed by atoms with E-state index in [1.807, 2.05) is 13.8 Å². The molecule has 2 amide bonds.